The average Bonchev–Trinajstić information content (AvgIpc) is 2.48. The van der Waals surface area contributed by atoms with Crippen molar-refractivity contribution in [3.05, 3.63) is 53.6 Å². The van der Waals surface area contributed by atoms with Crippen molar-refractivity contribution >= 4 is 29.6 Å². The molecule has 2 rings (SSSR count). The Morgan fingerprint density at radius 1 is 1.09 bits per heavy atom. The van der Waals surface area contributed by atoms with Gasteiger partial charge in [0.25, 0.3) is 7.42 Å². The number of benzene rings is 2. The molecule has 5 heteroatoms. The van der Waals surface area contributed by atoms with Gasteiger partial charge in [-0.25, -0.2) is 0 Å². The minimum absolute atomic E-state index is 0.289. The molecule has 1 radical (unpaired) electrons. The van der Waals surface area contributed by atoms with Crippen LogP contribution in [0.25, 0.3) is 11.1 Å². The van der Waals surface area contributed by atoms with Gasteiger partial charge in [0.1, 0.15) is 5.75 Å². The van der Waals surface area contributed by atoms with Gasteiger partial charge in [0.15, 0.2) is 0 Å². The summed E-state index contributed by atoms with van der Waals surface area (Å²) in [6.45, 7) is 0.610. The molecule has 0 aromatic heterocycles. The molecular weight excluding hydrogens is 335 g/mol. The Morgan fingerprint density at radius 2 is 1.82 bits per heavy atom. The third kappa shape index (κ3) is 5.02. The number of ether oxygens (including phenoxy) is 1. The van der Waals surface area contributed by atoms with Gasteiger partial charge in [-0.05, 0) is 53.3 Å². The van der Waals surface area contributed by atoms with Gasteiger partial charge >= 0.3 is 0 Å². The number of hydrogen-bond donors (Lipinski definition) is 1. The van der Waals surface area contributed by atoms with Gasteiger partial charge in [-0.2, -0.15) is 0 Å². The molecule has 0 heterocycles. The van der Waals surface area contributed by atoms with E-state index in [0.29, 0.717) is 6.61 Å². The molecule has 0 fully saturated rings. The van der Waals surface area contributed by atoms with E-state index in [9.17, 15) is 5.11 Å². The van der Waals surface area contributed by atoms with Crippen LogP contribution in [0.2, 0.25) is 6.04 Å². The van der Waals surface area contributed by atoms with Gasteiger partial charge in [0.2, 0.25) is 0 Å². The fraction of sp³-hybridized carbons (Fsp3) is 0.294. The van der Waals surface area contributed by atoms with Gasteiger partial charge in [-0.3, -0.25) is 0 Å². The summed E-state index contributed by atoms with van der Waals surface area (Å²) in [7, 11) is 0.455. The molecule has 22 heavy (non-hydrogen) atoms. The minimum Gasteiger partial charge on any atom is -0.508 e. The molecule has 117 valence electrons. The van der Waals surface area contributed by atoms with Crippen molar-refractivity contribution in [2.75, 3.05) is 7.11 Å². The second-order valence-corrected chi connectivity index (χ2v) is 9.66. The molecule has 0 bridgehead atoms. The summed E-state index contributed by atoms with van der Waals surface area (Å²) < 4.78 is 5.13. The summed E-state index contributed by atoms with van der Waals surface area (Å²) >= 11 is 11.8. The van der Waals surface area contributed by atoms with E-state index in [2.05, 4.69) is 24.3 Å². The maximum absolute atomic E-state index is 9.74. The molecule has 0 aliphatic heterocycles. The van der Waals surface area contributed by atoms with Crippen molar-refractivity contribution in [3.63, 3.8) is 0 Å². The second-order valence-electron chi connectivity index (χ2n) is 5.16. The maximum Gasteiger partial charge on any atom is 0.273 e. The first kappa shape index (κ1) is 17.4. The van der Waals surface area contributed by atoms with E-state index >= 15 is 0 Å². The molecule has 0 saturated carbocycles. The number of methoxy groups -OCH3 is 1. The first-order chi connectivity index (χ1) is 10.6. The van der Waals surface area contributed by atoms with Crippen LogP contribution in [0, 0.1) is 0 Å². The van der Waals surface area contributed by atoms with Gasteiger partial charge in [-0.1, -0.05) is 30.3 Å². The molecule has 1 N–H and O–H groups in total. The van der Waals surface area contributed by atoms with Crippen molar-refractivity contribution in [2.24, 2.45) is 0 Å². The molecule has 0 saturated heterocycles. The average molecular weight is 354 g/mol. The highest BCUT2D eigenvalue weighted by molar-refractivity contribution is 7.33. The van der Waals surface area contributed by atoms with Crippen LogP contribution in [-0.4, -0.2) is 19.6 Å². The number of aromatic hydroxyl groups is 1. The van der Waals surface area contributed by atoms with Crippen LogP contribution in [0.3, 0.4) is 0 Å². The smallest absolute Gasteiger partial charge is 0.273 e. The van der Waals surface area contributed by atoms with Gasteiger partial charge in [-0.15, -0.1) is 22.2 Å². The third-order valence-corrected chi connectivity index (χ3v) is 5.34. The van der Waals surface area contributed by atoms with Gasteiger partial charge in [0.05, 0.1) is 6.61 Å². The normalized spacial score (nSPS) is 11.1. The molecule has 2 aromatic carbocycles. The molecule has 0 spiro atoms. The Hall–Kier alpha value is -1.00. The van der Waals surface area contributed by atoms with Gasteiger partial charge < -0.3 is 9.84 Å². The SMILES string of the molecule is COCc1ccc(-c2ccc(O)cc2CCC[Si](Cl)Cl)cc1. The summed E-state index contributed by atoms with van der Waals surface area (Å²) in [5.74, 6) is 0.289. The zero-order chi connectivity index (χ0) is 15.9. The van der Waals surface area contributed by atoms with E-state index < -0.39 is 7.42 Å². The minimum atomic E-state index is -1.23. The first-order valence-corrected chi connectivity index (χ1v) is 10.9. The van der Waals surface area contributed by atoms with Gasteiger partial charge in [0, 0.05) is 7.11 Å². The zero-order valence-corrected chi connectivity index (χ0v) is 15.0. The van der Waals surface area contributed by atoms with E-state index in [1.165, 1.54) is 0 Å². The first-order valence-electron chi connectivity index (χ1n) is 7.17. The van der Waals surface area contributed by atoms with E-state index in [0.717, 1.165) is 41.1 Å². The van der Waals surface area contributed by atoms with E-state index in [4.69, 9.17) is 26.9 Å². The Labute approximate surface area is 142 Å². The molecular formula is C17H19Cl2O2Si. The van der Waals surface area contributed by atoms with Crippen LogP contribution in [0.15, 0.2) is 42.5 Å². The number of halogens is 2. The Bertz CT molecular complexity index is 600. The number of phenolic OH excluding ortho intramolecular Hbond substituents is 1. The quantitative estimate of drug-likeness (QED) is 0.553. The maximum atomic E-state index is 9.74. The lowest BCUT2D eigenvalue weighted by Gasteiger charge is -2.11. The summed E-state index contributed by atoms with van der Waals surface area (Å²) in [6.07, 6.45) is 1.79. The third-order valence-electron chi connectivity index (χ3n) is 3.48. The van der Waals surface area contributed by atoms with Crippen molar-refractivity contribution in [2.45, 2.75) is 25.5 Å². The largest absolute Gasteiger partial charge is 0.508 e. The molecule has 0 aliphatic rings. The Kier molecular flexibility index (Phi) is 6.77. The zero-order valence-electron chi connectivity index (χ0n) is 12.5. The number of phenols is 1. The van der Waals surface area contributed by atoms with E-state index in [1.807, 2.05) is 12.1 Å². The van der Waals surface area contributed by atoms with Crippen molar-refractivity contribution in [1.82, 2.24) is 0 Å². The predicted octanol–water partition coefficient (Wildman–Crippen LogP) is 5.10. The van der Waals surface area contributed by atoms with Crippen molar-refractivity contribution in [3.8, 4) is 16.9 Å². The number of aryl methyl sites for hydroxylation is 1. The number of rotatable bonds is 7. The number of hydrogen-bond acceptors (Lipinski definition) is 2. The predicted molar refractivity (Wildman–Crippen MR) is 94.8 cm³/mol. The van der Waals surface area contributed by atoms with Crippen LogP contribution in [0.4, 0.5) is 0 Å². The van der Waals surface area contributed by atoms with Crippen LogP contribution in [0.5, 0.6) is 5.75 Å². The monoisotopic (exact) mass is 353 g/mol. The molecule has 0 amide bonds. The molecule has 0 unspecified atom stereocenters. The molecule has 2 nitrogen and oxygen atoms in total. The standard InChI is InChI=1S/C17H19Cl2O2Si/c1-21-12-13-4-6-14(7-5-13)17-9-8-16(20)11-15(17)3-2-10-22(18)19/h4-9,11,20H,2-3,10,12H2,1H3. The van der Waals surface area contributed by atoms with E-state index in [-0.39, 0.29) is 5.75 Å². The highest BCUT2D eigenvalue weighted by Gasteiger charge is 2.09. The lowest BCUT2D eigenvalue weighted by molar-refractivity contribution is 0.185. The lowest BCUT2D eigenvalue weighted by atomic mass is 9.96. The Balaban J connectivity index is 2.21. The summed E-state index contributed by atoms with van der Waals surface area (Å²) in [4.78, 5) is 0. The van der Waals surface area contributed by atoms with Crippen molar-refractivity contribution < 1.29 is 9.84 Å². The van der Waals surface area contributed by atoms with Crippen molar-refractivity contribution in [1.29, 1.82) is 0 Å². The highest BCUT2D eigenvalue weighted by atomic mass is 35.7. The summed E-state index contributed by atoms with van der Waals surface area (Å²) in [5, 5.41) is 9.74. The Morgan fingerprint density at radius 3 is 2.45 bits per heavy atom. The summed E-state index contributed by atoms with van der Waals surface area (Å²) in [6, 6.07) is 14.7. The topological polar surface area (TPSA) is 29.5 Å². The van der Waals surface area contributed by atoms with E-state index in [1.54, 1.807) is 13.2 Å². The van der Waals surface area contributed by atoms with Crippen LogP contribution in [-0.2, 0) is 17.8 Å². The fourth-order valence-corrected chi connectivity index (χ4v) is 3.67. The van der Waals surface area contributed by atoms with Crippen LogP contribution in [0.1, 0.15) is 17.5 Å². The second kappa shape index (κ2) is 8.58. The fourth-order valence-electron chi connectivity index (χ4n) is 2.43. The summed E-state index contributed by atoms with van der Waals surface area (Å²) in [5.41, 5.74) is 4.54. The van der Waals surface area contributed by atoms with Crippen LogP contribution < -0.4 is 0 Å². The lowest BCUT2D eigenvalue weighted by Crippen LogP contribution is -1.96. The highest BCUT2D eigenvalue weighted by Crippen LogP contribution is 2.29. The molecule has 0 atom stereocenters. The molecule has 2 aromatic rings. The molecule has 0 aliphatic carbocycles. The van der Waals surface area contributed by atoms with Crippen LogP contribution >= 0.6 is 22.2 Å².